The minimum absolute atomic E-state index is 0.330. The van der Waals surface area contributed by atoms with Crippen LogP contribution in [0.15, 0.2) is 53.0 Å². The predicted octanol–water partition coefficient (Wildman–Crippen LogP) is 4.23. The third-order valence-electron chi connectivity index (χ3n) is 4.15. The third-order valence-corrected chi connectivity index (χ3v) is 4.64. The number of amides is 1. The molecule has 1 fully saturated rings. The number of aromatic nitrogens is 4. The number of hydrogen-bond acceptors (Lipinski definition) is 4. The molecule has 1 N–H and O–H groups in total. The Bertz CT molecular complexity index is 1030. The lowest BCUT2D eigenvalue weighted by molar-refractivity contribution is -0.111. The maximum atomic E-state index is 13.7. The molecule has 0 bridgehead atoms. The van der Waals surface area contributed by atoms with Gasteiger partial charge in [0.25, 0.3) is 0 Å². The first kappa shape index (κ1) is 17.5. The zero-order valence-electron chi connectivity index (χ0n) is 14.1. The van der Waals surface area contributed by atoms with E-state index < -0.39 is 5.82 Å². The van der Waals surface area contributed by atoms with Crippen molar-refractivity contribution in [3.05, 3.63) is 64.4 Å². The number of benzene rings is 2. The highest BCUT2D eigenvalue weighted by Gasteiger charge is 2.28. The highest BCUT2D eigenvalue weighted by atomic mass is 79.9. The molecular weight excluding hydrogens is 413 g/mol. The van der Waals surface area contributed by atoms with E-state index in [2.05, 4.69) is 36.8 Å². The molecule has 1 aliphatic carbocycles. The molecule has 0 radical (unpaired) electrons. The topological polar surface area (TPSA) is 72.7 Å². The summed E-state index contributed by atoms with van der Waals surface area (Å²) in [4.78, 5) is 12.2. The number of nitrogens with zero attached hydrogens (tertiary/aromatic N) is 4. The van der Waals surface area contributed by atoms with Crippen molar-refractivity contribution >= 4 is 33.6 Å². The van der Waals surface area contributed by atoms with Gasteiger partial charge in [-0.2, -0.15) is 0 Å². The second kappa shape index (κ2) is 7.40. The Hall–Kier alpha value is -2.87. The number of carbonyl (C=O) groups excluding carboxylic acids is 1. The molecule has 0 saturated heterocycles. The molecule has 1 amide bonds. The summed E-state index contributed by atoms with van der Waals surface area (Å²) in [6.45, 7) is 0. The van der Waals surface area contributed by atoms with Crippen molar-refractivity contribution in [2.45, 2.75) is 18.9 Å². The molecule has 1 saturated carbocycles. The number of nitrogens with one attached hydrogen (secondary N) is 1. The molecular formula is C19H15BrFN5O. The van der Waals surface area contributed by atoms with Crippen LogP contribution in [-0.4, -0.2) is 26.1 Å². The van der Waals surface area contributed by atoms with Gasteiger partial charge in [-0.1, -0.05) is 28.1 Å². The van der Waals surface area contributed by atoms with Crippen LogP contribution in [0.4, 0.5) is 10.1 Å². The van der Waals surface area contributed by atoms with E-state index in [9.17, 15) is 9.18 Å². The summed E-state index contributed by atoms with van der Waals surface area (Å²) >= 11 is 3.29. The van der Waals surface area contributed by atoms with Crippen LogP contribution in [0.3, 0.4) is 0 Å². The number of carbonyl (C=O) groups is 1. The Morgan fingerprint density at radius 1 is 1.26 bits per heavy atom. The van der Waals surface area contributed by atoms with E-state index in [4.69, 9.17) is 0 Å². The van der Waals surface area contributed by atoms with Gasteiger partial charge in [-0.05, 0) is 59.7 Å². The fraction of sp³-hybridized carbons (Fsp3) is 0.158. The van der Waals surface area contributed by atoms with Gasteiger partial charge in [0.1, 0.15) is 5.82 Å². The first-order valence-corrected chi connectivity index (χ1v) is 9.22. The highest BCUT2D eigenvalue weighted by molar-refractivity contribution is 9.10. The van der Waals surface area contributed by atoms with Gasteiger partial charge in [0, 0.05) is 27.4 Å². The maximum Gasteiger partial charge on any atom is 0.248 e. The Kier molecular flexibility index (Phi) is 4.81. The molecule has 0 atom stereocenters. The SMILES string of the molecule is O=C(/C=C/c1cc(Br)ccc1F)Nc1cccc(-c2nnnn2C2CC2)c1. The minimum Gasteiger partial charge on any atom is -0.322 e. The van der Waals surface area contributed by atoms with Gasteiger partial charge in [0.2, 0.25) is 5.91 Å². The summed E-state index contributed by atoms with van der Waals surface area (Å²) in [6, 6.07) is 12.2. The van der Waals surface area contributed by atoms with E-state index in [0.717, 1.165) is 22.9 Å². The Labute approximate surface area is 163 Å². The molecule has 4 rings (SSSR count). The van der Waals surface area contributed by atoms with Crippen LogP contribution in [0.25, 0.3) is 17.5 Å². The fourth-order valence-corrected chi connectivity index (χ4v) is 3.06. The van der Waals surface area contributed by atoms with Crippen molar-refractivity contribution in [3.8, 4) is 11.4 Å². The summed E-state index contributed by atoms with van der Waals surface area (Å²) < 4.78 is 16.3. The van der Waals surface area contributed by atoms with Crippen molar-refractivity contribution in [1.82, 2.24) is 20.2 Å². The van der Waals surface area contributed by atoms with Crippen molar-refractivity contribution in [2.75, 3.05) is 5.32 Å². The molecule has 1 heterocycles. The quantitative estimate of drug-likeness (QED) is 0.618. The van der Waals surface area contributed by atoms with E-state index in [0.29, 0.717) is 23.1 Å². The van der Waals surface area contributed by atoms with E-state index in [1.165, 1.54) is 18.2 Å². The lowest BCUT2D eigenvalue weighted by Gasteiger charge is -2.06. The van der Waals surface area contributed by atoms with Gasteiger partial charge >= 0.3 is 0 Å². The van der Waals surface area contributed by atoms with Crippen molar-refractivity contribution in [3.63, 3.8) is 0 Å². The monoisotopic (exact) mass is 427 g/mol. The largest absolute Gasteiger partial charge is 0.322 e. The zero-order chi connectivity index (χ0) is 18.8. The van der Waals surface area contributed by atoms with Crippen LogP contribution in [0.1, 0.15) is 24.4 Å². The summed E-state index contributed by atoms with van der Waals surface area (Å²) in [5.41, 5.74) is 1.77. The number of halogens is 2. The average molecular weight is 428 g/mol. The van der Waals surface area contributed by atoms with Crippen molar-refractivity contribution in [1.29, 1.82) is 0 Å². The smallest absolute Gasteiger partial charge is 0.248 e. The standard InChI is InChI=1S/C19H15BrFN5O/c20-14-5-8-17(21)12(10-14)4-9-18(27)22-15-3-1-2-13(11-15)19-23-24-25-26(19)16-6-7-16/h1-5,8-11,16H,6-7H2,(H,22,27)/b9-4+. The van der Waals surface area contributed by atoms with Crippen LogP contribution in [0.5, 0.6) is 0 Å². The number of rotatable bonds is 5. The van der Waals surface area contributed by atoms with Crippen LogP contribution < -0.4 is 5.32 Å². The van der Waals surface area contributed by atoms with Gasteiger partial charge in [-0.25, -0.2) is 9.07 Å². The minimum atomic E-state index is -0.392. The van der Waals surface area contributed by atoms with Gasteiger partial charge in [-0.3, -0.25) is 4.79 Å². The summed E-state index contributed by atoms with van der Waals surface area (Å²) in [7, 11) is 0. The maximum absolute atomic E-state index is 13.7. The summed E-state index contributed by atoms with van der Waals surface area (Å²) in [6.07, 6.45) is 4.88. The van der Waals surface area contributed by atoms with Crippen LogP contribution in [0, 0.1) is 5.82 Å². The molecule has 8 heteroatoms. The van der Waals surface area contributed by atoms with E-state index >= 15 is 0 Å². The lowest BCUT2D eigenvalue weighted by atomic mass is 10.1. The summed E-state index contributed by atoms with van der Waals surface area (Å²) in [5, 5.41) is 14.7. The molecule has 0 spiro atoms. The van der Waals surface area contributed by atoms with Crippen LogP contribution in [-0.2, 0) is 4.79 Å². The zero-order valence-corrected chi connectivity index (χ0v) is 15.7. The molecule has 136 valence electrons. The Morgan fingerprint density at radius 2 is 2.11 bits per heavy atom. The van der Waals surface area contributed by atoms with Gasteiger partial charge in [-0.15, -0.1) is 5.10 Å². The van der Waals surface area contributed by atoms with E-state index in [-0.39, 0.29) is 5.91 Å². The van der Waals surface area contributed by atoms with E-state index in [1.54, 1.807) is 18.2 Å². The molecule has 6 nitrogen and oxygen atoms in total. The normalized spacial score (nSPS) is 13.9. The predicted molar refractivity (Wildman–Crippen MR) is 103 cm³/mol. The molecule has 0 aliphatic heterocycles. The van der Waals surface area contributed by atoms with Gasteiger partial charge in [0.15, 0.2) is 5.82 Å². The number of hydrogen-bond donors (Lipinski definition) is 1. The first-order valence-electron chi connectivity index (χ1n) is 8.42. The fourth-order valence-electron chi connectivity index (χ4n) is 2.68. The molecule has 1 aromatic heterocycles. The number of tetrazole rings is 1. The molecule has 1 aliphatic rings. The second-order valence-electron chi connectivity index (χ2n) is 6.25. The summed E-state index contributed by atoms with van der Waals surface area (Å²) in [5.74, 6) is -0.0650. The van der Waals surface area contributed by atoms with Gasteiger partial charge < -0.3 is 5.32 Å². The van der Waals surface area contributed by atoms with Crippen LogP contribution in [0.2, 0.25) is 0 Å². The van der Waals surface area contributed by atoms with Crippen molar-refractivity contribution < 1.29 is 9.18 Å². The Balaban J connectivity index is 1.49. The average Bonchev–Trinajstić information content (AvgIpc) is 3.39. The highest BCUT2D eigenvalue weighted by Crippen LogP contribution is 2.36. The molecule has 0 unspecified atom stereocenters. The second-order valence-corrected chi connectivity index (χ2v) is 7.16. The lowest BCUT2D eigenvalue weighted by Crippen LogP contribution is -2.08. The van der Waals surface area contributed by atoms with E-state index in [1.807, 2.05) is 22.9 Å². The van der Waals surface area contributed by atoms with Crippen LogP contribution >= 0.6 is 15.9 Å². The molecule has 27 heavy (non-hydrogen) atoms. The molecule has 3 aromatic rings. The third kappa shape index (κ3) is 4.11. The van der Waals surface area contributed by atoms with Crippen molar-refractivity contribution in [2.24, 2.45) is 0 Å². The Morgan fingerprint density at radius 3 is 2.93 bits per heavy atom. The van der Waals surface area contributed by atoms with Gasteiger partial charge in [0.05, 0.1) is 6.04 Å². The first-order chi connectivity index (χ1) is 13.1. The molecule has 2 aromatic carbocycles. The number of anilines is 1.